The molecule has 4 N–H and O–H groups in total. The highest BCUT2D eigenvalue weighted by Gasteiger charge is 2.29. The molecule has 1 aliphatic heterocycles. The second kappa shape index (κ2) is 10.9. The molecule has 0 radical (unpaired) electrons. The van der Waals surface area contributed by atoms with Crippen molar-refractivity contribution in [3.8, 4) is 0 Å². The maximum atomic E-state index is 10.3. The summed E-state index contributed by atoms with van der Waals surface area (Å²) in [5.74, 6) is -2.51. The molecule has 0 aliphatic carbocycles. The molecule has 0 bridgehead atoms. The van der Waals surface area contributed by atoms with E-state index in [0.717, 1.165) is 18.4 Å². The molecule has 0 saturated carbocycles. The Hall–Kier alpha value is -1.89. The second-order valence-electron chi connectivity index (χ2n) is 5.85. The van der Waals surface area contributed by atoms with Crippen molar-refractivity contribution in [2.75, 3.05) is 0 Å². The zero-order chi connectivity index (χ0) is 18.8. The highest BCUT2D eigenvalue weighted by atomic mass is 35.5. The van der Waals surface area contributed by atoms with Crippen LogP contribution >= 0.6 is 11.6 Å². The van der Waals surface area contributed by atoms with E-state index in [2.05, 4.69) is 12.2 Å². The van der Waals surface area contributed by atoms with E-state index in [1.54, 1.807) is 0 Å². The van der Waals surface area contributed by atoms with E-state index in [0.29, 0.717) is 23.2 Å². The average Bonchev–Trinajstić information content (AvgIpc) is 3.02. The normalized spacial score (nSPS) is 20.8. The molecule has 0 unspecified atom stereocenters. The van der Waals surface area contributed by atoms with Crippen LogP contribution in [0.4, 0.5) is 0 Å². The SMILES string of the molecule is CCC[C@@H]1CC[C@H]([C@H](O)c2cccc(Cl)c2)N1.O=C(O)/C=C\C(=O)O. The predicted molar refractivity (Wildman–Crippen MR) is 95.7 cm³/mol. The molecule has 1 aromatic carbocycles. The smallest absolute Gasteiger partial charge is 0.328 e. The van der Waals surface area contributed by atoms with Crippen LogP contribution in [0.5, 0.6) is 0 Å². The summed E-state index contributed by atoms with van der Waals surface area (Å²) in [6.07, 6.45) is 5.26. The summed E-state index contributed by atoms with van der Waals surface area (Å²) in [6, 6.07) is 8.25. The van der Waals surface area contributed by atoms with E-state index < -0.39 is 18.0 Å². The van der Waals surface area contributed by atoms with Crippen molar-refractivity contribution in [1.82, 2.24) is 5.32 Å². The van der Waals surface area contributed by atoms with Gasteiger partial charge in [-0.15, -0.1) is 0 Å². The lowest BCUT2D eigenvalue weighted by Crippen LogP contribution is -2.33. The number of carboxylic acids is 2. The largest absolute Gasteiger partial charge is 0.478 e. The van der Waals surface area contributed by atoms with Crippen molar-refractivity contribution in [2.45, 2.75) is 50.8 Å². The fourth-order valence-electron chi connectivity index (χ4n) is 2.74. The number of nitrogens with one attached hydrogen (secondary N) is 1. The van der Waals surface area contributed by atoms with Crippen molar-refractivity contribution >= 4 is 23.5 Å². The molecule has 25 heavy (non-hydrogen) atoms. The summed E-state index contributed by atoms with van der Waals surface area (Å²) in [5.41, 5.74) is 0.909. The summed E-state index contributed by atoms with van der Waals surface area (Å²) in [7, 11) is 0. The number of benzene rings is 1. The molecule has 6 nitrogen and oxygen atoms in total. The Kier molecular flexibility index (Phi) is 9.20. The molecule has 2 rings (SSSR count). The van der Waals surface area contributed by atoms with Gasteiger partial charge in [0, 0.05) is 29.3 Å². The van der Waals surface area contributed by atoms with Gasteiger partial charge in [-0.2, -0.15) is 0 Å². The van der Waals surface area contributed by atoms with Gasteiger partial charge in [-0.3, -0.25) is 0 Å². The summed E-state index contributed by atoms with van der Waals surface area (Å²) in [4.78, 5) is 19.1. The van der Waals surface area contributed by atoms with Gasteiger partial charge in [0.1, 0.15) is 0 Å². The van der Waals surface area contributed by atoms with E-state index in [-0.39, 0.29) is 6.04 Å². The number of rotatable bonds is 6. The van der Waals surface area contributed by atoms with Crippen LogP contribution in [-0.2, 0) is 9.59 Å². The van der Waals surface area contributed by atoms with Gasteiger partial charge in [0.05, 0.1) is 6.10 Å². The van der Waals surface area contributed by atoms with Crippen molar-refractivity contribution in [3.63, 3.8) is 0 Å². The first-order chi connectivity index (χ1) is 11.8. The molecule has 0 amide bonds. The van der Waals surface area contributed by atoms with E-state index in [1.807, 2.05) is 24.3 Å². The van der Waals surface area contributed by atoms with E-state index in [4.69, 9.17) is 21.8 Å². The van der Waals surface area contributed by atoms with E-state index in [1.165, 1.54) is 12.8 Å². The van der Waals surface area contributed by atoms with Crippen LogP contribution in [-0.4, -0.2) is 39.3 Å². The van der Waals surface area contributed by atoms with Crippen LogP contribution in [0, 0.1) is 0 Å². The molecular formula is C18H24ClNO5. The van der Waals surface area contributed by atoms with Gasteiger partial charge in [-0.05, 0) is 37.0 Å². The first kappa shape index (κ1) is 21.2. The minimum absolute atomic E-state index is 0.171. The van der Waals surface area contributed by atoms with Crippen LogP contribution < -0.4 is 5.32 Å². The third-order valence-corrected chi connectivity index (χ3v) is 4.09. The van der Waals surface area contributed by atoms with Crippen LogP contribution in [0.15, 0.2) is 36.4 Å². The van der Waals surface area contributed by atoms with Gasteiger partial charge < -0.3 is 20.6 Å². The third kappa shape index (κ3) is 8.16. The number of hydrogen-bond donors (Lipinski definition) is 4. The molecule has 3 atom stereocenters. The Morgan fingerprint density at radius 2 is 1.92 bits per heavy atom. The number of hydrogen-bond acceptors (Lipinski definition) is 4. The van der Waals surface area contributed by atoms with Crippen molar-refractivity contribution in [1.29, 1.82) is 0 Å². The van der Waals surface area contributed by atoms with Crippen LogP contribution in [0.25, 0.3) is 0 Å². The number of aliphatic carboxylic acids is 2. The quantitative estimate of drug-likeness (QED) is 0.574. The first-order valence-electron chi connectivity index (χ1n) is 8.17. The standard InChI is InChI=1S/C14H20ClNO.C4H4O4/c1-2-4-12-7-8-13(16-12)14(17)10-5-3-6-11(15)9-10;5-3(6)1-2-4(7)8/h3,5-6,9,12-14,16-17H,2,4,7-8H2,1H3;1-2H,(H,5,6)(H,7,8)/b;2-1-/t12-,13-,14-;/m1./s1. The fourth-order valence-corrected chi connectivity index (χ4v) is 2.94. The molecule has 0 aromatic heterocycles. The van der Waals surface area contributed by atoms with E-state index >= 15 is 0 Å². The monoisotopic (exact) mass is 369 g/mol. The van der Waals surface area contributed by atoms with Crippen molar-refractivity contribution in [3.05, 3.63) is 47.0 Å². The molecule has 0 spiro atoms. The van der Waals surface area contributed by atoms with Gasteiger partial charge in [0.25, 0.3) is 0 Å². The number of halogens is 1. The Morgan fingerprint density at radius 1 is 1.28 bits per heavy atom. The fraction of sp³-hybridized carbons (Fsp3) is 0.444. The van der Waals surface area contributed by atoms with Gasteiger partial charge >= 0.3 is 11.9 Å². The van der Waals surface area contributed by atoms with Crippen LogP contribution in [0.2, 0.25) is 5.02 Å². The lowest BCUT2D eigenvalue weighted by atomic mass is 10.0. The lowest BCUT2D eigenvalue weighted by Gasteiger charge is -2.20. The Labute approximate surface area is 152 Å². The Morgan fingerprint density at radius 3 is 2.44 bits per heavy atom. The molecule has 138 valence electrons. The molecule has 1 aromatic rings. The summed E-state index contributed by atoms with van der Waals surface area (Å²) >= 11 is 5.94. The van der Waals surface area contributed by atoms with Crippen molar-refractivity contribution in [2.24, 2.45) is 0 Å². The molecule has 1 saturated heterocycles. The number of aliphatic hydroxyl groups excluding tert-OH is 1. The maximum Gasteiger partial charge on any atom is 0.328 e. The average molecular weight is 370 g/mol. The number of aliphatic hydroxyl groups is 1. The maximum absolute atomic E-state index is 10.3. The summed E-state index contributed by atoms with van der Waals surface area (Å²) in [6.45, 7) is 2.20. The van der Waals surface area contributed by atoms with Gasteiger partial charge in [-0.25, -0.2) is 9.59 Å². The predicted octanol–water partition coefficient (Wildman–Crippen LogP) is 3.01. The molecule has 7 heteroatoms. The zero-order valence-corrected chi connectivity index (χ0v) is 14.8. The lowest BCUT2D eigenvalue weighted by molar-refractivity contribution is -0.134. The van der Waals surface area contributed by atoms with Crippen LogP contribution in [0.1, 0.15) is 44.3 Å². The van der Waals surface area contributed by atoms with Gasteiger partial charge in [-0.1, -0.05) is 37.1 Å². The Bertz CT molecular complexity index is 589. The third-order valence-electron chi connectivity index (χ3n) is 3.85. The minimum Gasteiger partial charge on any atom is -0.478 e. The number of carbonyl (C=O) groups is 2. The summed E-state index contributed by atoms with van der Waals surface area (Å²) < 4.78 is 0. The van der Waals surface area contributed by atoms with Crippen molar-refractivity contribution < 1.29 is 24.9 Å². The highest BCUT2D eigenvalue weighted by molar-refractivity contribution is 6.30. The highest BCUT2D eigenvalue weighted by Crippen LogP contribution is 2.28. The molecular weight excluding hydrogens is 346 g/mol. The van der Waals surface area contributed by atoms with Gasteiger partial charge in [0.15, 0.2) is 0 Å². The van der Waals surface area contributed by atoms with Crippen LogP contribution in [0.3, 0.4) is 0 Å². The Balaban J connectivity index is 0.000000333. The summed E-state index contributed by atoms with van der Waals surface area (Å²) in [5, 5.41) is 30.1. The molecule has 1 aliphatic rings. The van der Waals surface area contributed by atoms with E-state index in [9.17, 15) is 14.7 Å². The van der Waals surface area contributed by atoms with Gasteiger partial charge in [0.2, 0.25) is 0 Å². The molecule has 1 heterocycles. The zero-order valence-electron chi connectivity index (χ0n) is 14.1. The first-order valence-corrected chi connectivity index (χ1v) is 8.54. The minimum atomic E-state index is -1.26. The molecule has 1 fully saturated rings. The number of carboxylic acid groups (broad SMARTS) is 2. The second-order valence-corrected chi connectivity index (χ2v) is 6.28. The topological polar surface area (TPSA) is 107 Å².